The number of carbonyl (C=O) groups excluding carboxylic acids is 3. The molecule has 2 unspecified atom stereocenters. The predicted molar refractivity (Wildman–Crippen MR) is 138 cm³/mol. The second-order valence-corrected chi connectivity index (χ2v) is 9.83. The number of phenols is 1. The van der Waals surface area contributed by atoms with E-state index in [1.54, 1.807) is 39.8 Å². The zero-order chi connectivity index (χ0) is 27.2. The maximum atomic E-state index is 13.7. The Morgan fingerprint density at radius 1 is 1.03 bits per heavy atom. The monoisotopic (exact) mass is 499 g/mol. The Morgan fingerprint density at radius 3 is 2.17 bits per heavy atom. The maximum Gasteiger partial charge on any atom is 0.408 e. The molecule has 196 valence electrons. The van der Waals surface area contributed by atoms with Crippen LogP contribution in [0.2, 0.25) is 0 Å². The van der Waals surface area contributed by atoms with E-state index in [0.29, 0.717) is 16.8 Å². The Kier molecular flexibility index (Phi) is 9.47. The summed E-state index contributed by atoms with van der Waals surface area (Å²) in [6.07, 6.45) is -0.774. The number of aromatic hydroxyl groups is 1. The first-order chi connectivity index (χ1) is 16.7. The van der Waals surface area contributed by atoms with Gasteiger partial charge in [-0.2, -0.15) is 0 Å². The Hall–Kier alpha value is -3.59. The van der Waals surface area contributed by atoms with Gasteiger partial charge in [0.1, 0.15) is 23.4 Å². The number of hydrogen-bond acceptors (Lipinski definition) is 6. The number of aliphatic hydroxyl groups excluding tert-OH is 1. The van der Waals surface area contributed by atoms with Crippen LogP contribution in [0.25, 0.3) is 0 Å². The molecule has 9 nitrogen and oxygen atoms in total. The van der Waals surface area contributed by atoms with E-state index >= 15 is 0 Å². The lowest BCUT2D eigenvalue weighted by Gasteiger charge is -2.33. The third-order valence-corrected chi connectivity index (χ3v) is 5.55. The standard InChI is InChI=1S/C27H37N3O6/c1-16-9-8-10-17(2)22(16)29-24(33)23(20-11-12-21(32)18(3)15-20)30(13-14-31)25(34)19(4)28-26(35)36-27(5,6)7/h8-12,15,19,23,31-32H,13-14H2,1-7H3,(H,28,35)(H,29,33). The lowest BCUT2D eigenvalue weighted by Crippen LogP contribution is -2.52. The summed E-state index contributed by atoms with van der Waals surface area (Å²) >= 11 is 0. The predicted octanol–water partition coefficient (Wildman–Crippen LogP) is 3.73. The Balaban J connectivity index is 2.47. The summed E-state index contributed by atoms with van der Waals surface area (Å²) in [5.41, 5.74) is 2.54. The number of aliphatic hydroxyl groups is 1. The topological polar surface area (TPSA) is 128 Å². The molecule has 0 aliphatic heterocycles. The molecule has 9 heteroatoms. The number of alkyl carbamates (subject to hydrolysis) is 1. The van der Waals surface area contributed by atoms with Gasteiger partial charge in [0.2, 0.25) is 5.91 Å². The summed E-state index contributed by atoms with van der Waals surface area (Å²) < 4.78 is 5.25. The van der Waals surface area contributed by atoms with Gasteiger partial charge in [-0.15, -0.1) is 0 Å². The van der Waals surface area contributed by atoms with E-state index < -0.39 is 42.2 Å². The second kappa shape index (κ2) is 11.9. The summed E-state index contributed by atoms with van der Waals surface area (Å²) in [5.74, 6) is -1.03. The molecular formula is C27H37N3O6. The number of phenolic OH excluding ortho intramolecular Hbond substituents is 1. The molecule has 0 saturated carbocycles. The summed E-state index contributed by atoms with van der Waals surface area (Å²) in [5, 5.41) is 25.2. The average molecular weight is 500 g/mol. The van der Waals surface area contributed by atoms with Crippen LogP contribution in [0.5, 0.6) is 5.75 Å². The first-order valence-electron chi connectivity index (χ1n) is 11.8. The molecule has 0 aliphatic carbocycles. The van der Waals surface area contributed by atoms with Crippen molar-refractivity contribution in [1.82, 2.24) is 10.2 Å². The molecule has 2 rings (SSSR count). The number of amides is 3. The van der Waals surface area contributed by atoms with Gasteiger partial charge in [-0.05, 0) is 82.9 Å². The molecule has 2 aromatic rings. The maximum absolute atomic E-state index is 13.7. The Bertz CT molecular complexity index is 1090. The average Bonchev–Trinajstić information content (AvgIpc) is 2.76. The lowest BCUT2D eigenvalue weighted by molar-refractivity contribution is -0.141. The normalized spacial score (nSPS) is 12.9. The van der Waals surface area contributed by atoms with Gasteiger partial charge in [0, 0.05) is 12.2 Å². The van der Waals surface area contributed by atoms with Crippen molar-refractivity contribution in [2.75, 3.05) is 18.5 Å². The summed E-state index contributed by atoms with van der Waals surface area (Å²) in [6, 6.07) is 8.05. The molecule has 3 amide bonds. The van der Waals surface area contributed by atoms with Gasteiger partial charge in [-0.3, -0.25) is 9.59 Å². The minimum atomic E-state index is -1.15. The fraction of sp³-hybridized carbons (Fsp3) is 0.444. The molecule has 0 saturated heterocycles. The van der Waals surface area contributed by atoms with Gasteiger partial charge >= 0.3 is 6.09 Å². The Morgan fingerprint density at radius 2 is 1.64 bits per heavy atom. The molecule has 0 aromatic heterocycles. The van der Waals surface area contributed by atoms with Crippen molar-refractivity contribution in [2.45, 2.75) is 66.2 Å². The van der Waals surface area contributed by atoms with Crippen LogP contribution in [0.15, 0.2) is 36.4 Å². The fourth-order valence-corrected chi connectivity index (χ4v) is 3.79. The van der Waals surface area contributed by atoms with Crippen LogP contribution in [-0.4, -0.2) is 57.8 Å². The van der Waals surface area contributed by atoms with E-state index in [-0.39, 0.29) is 12.3 Å². The third-order valence-electron chi connectivity index (χ3n) is 5.55. The van der Waals surface area contributed by atoms with Gasteiger partial charge in [-0.1, -0.05) is 24.3 Å². The van der Waals surface area contributed by atoms with Crippen LogP contribution in [0.3, 0.4) is 0 Å². The van der Waals surface area contributed by atoms with E-state index in [1.165, 1.54) is 17.9 Å². The van der Waals surface area contributed by atoms with Gasteiger partial charge in [0.05, 0.1) is 6.61 Å². The van der Waals surface area contributed by atoms with Crippen molar-refractivity contribution in [3.8, 4) is 5.75 Å². The number of para-hydroxylation sites is 1. The minimum Gasteiger partial charge on any atom is -0.508 e. The quantitative estimate of drug-likeness (QED) is 0.438. The Labute approximate surface area is 212 Å². The largest absolute Gasteiger partial charge is 0.508 e. The molecule has 0 heterocycles. The molecule has 2 aromatic carbocycles. The van der Waals surface area contributed by atoms with E-state index in [0.717, 1.165) is 11.1 Å². The van der Waals surface area contributed by atoms with Crippen molar-refractivity contribution in [1.29, 1.82) is 0 Å². The molecule has 2 atom stereocenters. The zero-order valence-electron chi connectivity index (χ0n) is 22.0. The number of rotatable bonds is 8. The smallest absolute Gasteiger partial charge is 0.408 e. The summed E-state index contributed by atoms with van der Waals surface area (Å²) in [7, 11) is 0. The molecular weight excluding hydrogens is 462 g/mol. The number of hydrogen-bond donors (Lipinski definition) is 4. The fourth-order valence-electron chi connectivity index (χ4n) is 3.79. The second-order valence-electron chi connectivity index (χ2n) is 9.83. The number of aryl methyl sites for hydroxylation is 3. The van der Waals surface area contributed by atoms with E-state index in [1.807, 2.05) is 32.0 Å². The number of nitrogens with zero attached hydrogens (tertiary/aromatic N) is 1. The van der Waals surface area contributed by atoms with Crippen LogP contribution in [0.1, 0.15) is 56.0 Å². The summed E-state index contributed by atoms with van der Waals surface area (Å²) in [6.45, 7) is 11.5. The van der Waals surface area contributed by atoms with Crippen LogP contribution < -0.4 is 10.6 Å². The van der Waals surface area contributed by atoms with Crippen molar-refractivity contribution < 1.29 is 29.3 Å². The molecule has 0 radical (unpaired) electrons. The minimum absolute atomic E-state index is 0.0488. The molecule has 36 heavy (non-hydrogen) atoms. The SMILES string of the molecule is Cc1cc(C(C(=O)Nc2c(C)cccc2C)N(CCO)C(=O)C(C)NC(=O)OC(C)(C)C)ccc1O. The van der Waals surface area contributed by atoms with E-state index in [2.05, 4.69) is 10.6 Å². The highest BCUT2D eigenvalue weighted by atomic mass is 16.6. The molecule has 0 bridgehead atoms. The first kappa shape index (κ1) is 28.6. The number of anilines is 1. The van der Waals surface area contributed by atoms with Gasteiger partial charge in [-0.25, -0.2) is 4.79 Å². The first-order valence-corrected chi connectivity index (χ1v) is 11.8. The van der Waals surface area contributed by atoms with Crippen LogP contribution in [-0.2, 0) is 14.3 Å². The van der Waals surface area contributed by atoms with Crippen molar-refractivity contribution in [3.63, 3.8) is 0 Å². The molecule has 0 aliphatic rings. The van der Waals surface area contributed by atoms with Crippen LogP contribution in [0.4, 0.5) is 10.5 Å². The van der Waals surface area contributed by atoms with E-state index in [9.17, 15) is 24.6 Å². The summed E-state index contributed by atoms with van der Waals surface area (Å²) in [4.78, 5) is 40.7. The van der Waals surface area contributed by atoms with Crippen molar-refractivity contribution >= 4 is 23.6 Å². The van der Waals surface area contributed by atoms with Gasteiger partial charge in [0.15, 0.2) is 0 Å². The molecule has 0 fully saturated rings. The van der Waals surface area contributed by atoms with Gasteiger partial charge in [0.25, 0.3) is 5.91 Å². The van der Waals surface area contributed by atoms with E-state index in [4.69, 9.17) is 4.74 Å². The molecule has 0 spiro atoms. The molecule has 4 N–H and O–H groups in total. The highest BCUT2D eigenvalue weighted by Crippen LogP contribution is 2.29. The number of ether oxygens (including phenoxy) is 1. The third kappa shape index (κ3) is 7.45. The number of nitrogens with one attached hydrogen (secondary N) is 2. The number of benzene rings is 2. The number of carbonyl (C=O) groups is 3. The highest BCUT2D eigenvalue weighted by molar-refractivity contribution is 5.99. The van der Waals surface area contributed by atoms with Crippen molar-refractivity contribution in [2.24, 2.45) is 0 Å². The van der Waals surface area contributed by atoms with Crippen molar-refractivity contribution in [3.05, 3.63) is 58.7 Å². The highest BCUT2D eigenvalue weighted by Gasteiger charge is 2.35. The van der Waals surface area contributed by atoms with Gasteiger partial charge < -0.3 is 30.5 Å². The van der Waals surface area contributed by atoms with Crippen LogP contribution in [0, 0.1) is 20.8 Å². The van der Waals surface area contributed by atoms with Crippen LogP contribution >= 0.6 is 0 Å². The lowest BCUT2D eigenvalue weighted by atomic mass is 9.99. The zero-order valence-corrected chi connectivity index (χ0v) is 22.0.